The summed E-state index contributed by atoms with van der Waals surface area (Å²) in [5.41, 5.74) is 1.69. The number of amides is 2. The molecule has 130 valence electrons. The van der Waals surface area contributed by atoms with Crippen molar-refractivity contribution < 1.29 is 9.59 Å². The summed E-state index contributed by atoms with van der Waals surface area (Å²) in [5.74, 6) is -0.393. The van der Waals surface area contributed by atoms with Gasteiger partial charge in [0, 0.05) is 24.8 Å². The van der Waals surface area contributed by atoms with E-state index < -0.39 is 0 Å². The summed E-state index contributed by atoms with van der Waals surface area (Å²) in [4.78, 5) is 41.7. The van der Waals surface area contributed by atoms with Gasteiger partial charge in [0.15, 0.2) is 0 Å². The van der Waals surface area contributed by atoms with Crippen LogP contribution in [-0.2, 0) is 6.54 Å². The molecule has 0 unspecified atom stereocenters. The second-order valence-electron chi connectivity index (χ2n) is 6.28. The summed E-state index contributed by atoms with van der Waals surface area (Å²) in [6.45, 7) is 2.88. The molecular weight excluding hydrogens is 318 g/mol. The summed E-state index contributed by atoms with van der Waals surface area (Å²) < 4.78 is 1.61. The number of carbonyl (C=O) groups is 2. The zero-order chi connectivity index (χ0) is 17.8. The second kappa shape index (κ2) is 7.42. The molecule has 3 rings (SSSR count). The summed E-state index contributed by atoms with van der Waals surface area (Å²) in [6, 6.07) is 8.47. The first-order valence-corrected chi connectivity index (χ1v) is 8.56. The van der Waals surface area contributed by atoms with Crippen molar-refractivity contribution >= 4 is 11.8 Å². The normalized spacial score (nSPS) is 13.4. The standard InChI is InChI=1S/C19H21N3O3/c1-14-12-17(23)21(13-20-14)10-6-2-3-7-11-22-18(24)15-8-4-5-9-16(15)19(22)25/h4-5,8-9,12-13H,2-3,6-7,10-11H2,1H3. The van der Waals surface area contributed by atoms with Crippen molar-refractivity contribution in [3.8, 4) is 0 Å². The van der Waals surface area contributed by atoms with Gasteiger partial charge in [0.1, 0.15) is 0 Å². The molecule has 6 nitrogen and oxygen atoms in total. The van der Waals surface area contributed by atoms with Crippen LogP contribution in [0.5, 0.6) is 0 Å². The van der Waals surface area contributed by atoms with E-state index in [1.54, 1.807) is 42.1 Å². The smallest absolute Gasteiger partial charge is 0.261 e. The van der Waals surface area contributed by atoms with Crippen molar-refractivity contribution in [2.75, 3.05) is 6.54 Å². The van der Waals surface area contributed by atoms with Crippen LogP contribution < -0.4 is 5.56 Å². The third-order valence-corrected chi connectivity index (χ3v) is 4.43. The monoisotopic (exact) mass is 339 g/mol. The zero-order valence-electron chi connectivity index (χ0n) is 14.3. The van der Waals surface area contributed by atoms with E-state index in [1.165, 1.54) is 11.0 Å². The maximum Gasteiger partial charge on any atom is 0.261 e. The van der Waals surface area contributed by atoms with E-state index in [0.29, 0.717) is 24.2 Å². The van der Waals surface area contributed by atoms with Crippen LogP contribution in [0.15, 0.2) is 41.5 Å². The van der Waals surface area contributed by atoms with Gasteiger partial charge in [-0.2, -0.15) is 0 Å². The van der Waals surface area contributed by atoms with E-state index in [1.807, 2.05) is 0 Å². The highest BCUT2D eigenvalue weighted by Gasteiger charge is 2.34. The van der Waals surface area contributed by atoms with Crippen LogP contribution in [0.3, 0.4) is 0 Å². The molecule has 0 aliphatic carbocycles. The summed E-state index contributed by atoms with van der Waals surface area (Å²) in [6.07, 6.45) is 5.06. The van der Waals surface area contributed by atoms with E-state index in [0.717, 1.165) is 31.4 Å². The van der Waals surface area contributed by atoms with Crippen LogP contribution in [0.2, 0.25) is 0 Å². The van der Waals surface area contributed by atoms with E-state index in [4.69, 9.17) is 0 Å². The second-order valence-corrected chi connectivity index (χ2v) is 6.28. The number of hydrogen-bond acceptors (Lipinski definition) is 4. The highest BCUT2D eigenvalue weighted by Crippen LogP contribution is 2.22. The predicted molar refractivity (Wildman–Crippen MR) is 93.5 cm³/mol. The highest BCUT2D eigenvalue weighted by atomic mass is 16.2. The molecule has 0 fully saturated rings. The lowest BCUT2D eigenvalue weighted by molar-refractivity contribution is 0.0651. The lowest BCUT2D eigenvalue weighted by atomic mass is 10.1. The summed E-state index contributed by atoms with van der Waals surface area (Å²) in [7, 11) is 0. The highest BCUT2D eigenvalue weighted by molar-refractivity contribution is 6.21. The number of unbranched alkanes of at least 4 members (excludes halogenated alkanes) is 3. The van der Waals surface area contributed by atoms with E-state index in [-0.39, 0.29) is 17.4 Å². The average molecular weight is 339 g/mol. The van der Waals surface area contributed by atoms with Crippen molar-refractivity contribution in [3.63, 3.8) is 0 Å². The number of imide groups is 1. The number of aromatic nitrogens is 2. The lowest BCUT2D eigenvalue weighted by Crippen LogP contribution is -2.30. The third-order valence-electron chi connectivity index (χ3n) is 4.43. The Labute approximate surface area is 146 Å². The molecule has 0 saturated heterocycles. The largest absolute Gasteiger partial charge is 0.299 e. The Hall–Kier alpha value is -2.76. The van der Waals surface area contributed by atoms with Crippen LogP contribution in [0.25, 0.3) is 0 Å². The zero-order valence-corrected chi connectivity index (χ0v) is 14.3. The van der Waals surface area contributed by atoms with Crippen LogP contribution >= 0.6 is 0 Å². The first-order chi connectivity index (χ1) is 12.1. The molecule has 6 heteroatoms. The maximum atomic E-state index is 12.2. The van der Waals surface area contributed by atoms with Gasteiger partial charge in [0.05, 0.1) is 17.5 Å². The Bertz CT molecular complexity index is 822. The minimum absolute atomic E-state index is 0.0291. The van der Waals surface area contributed by atoms with E-state index in [2.05, 4.69) is 4.98 Å². The molecule has 1 aromatic carbocycles. The molecule has 0 radical (unpaired) electrons. The first-order valence-electron chi connectivity index (χ1n) is 8.56. The van der Waals surface area contributed by atoms with Gasteiger partial charge < -0.3 is 0 Å². The topological polar surface area (TPSA) is 72.3 Å². The van der Waals surface area contributed by atoms with Crippen LogP contribution in [0.1, 0.15) is 52.1 Å². The van der Waals surface area contributed by atoms with Crippen molar-refractivity contribution in [1.82, 2.24) is 14.5 Å². The minimum atomic E-state index is -0.196. The summed E-state index contributed by atoms with van der Waals surface area (Å²) >= 11 is 0. The van der Waals surface area contributed by atoms with Crippen molar-refractivity contribution in [1.29, 1.82) is 0 Å². The third kappa shape index (κ3) is 3.68. The molecule has 1 aliphatic rings. The molecule has 0 N–H and O–H groups in total. The number of aryl methyl sites for hydroxylation is 2. The number of nitrogens with zero attached hydrogens (tertiary/aromatic N) is 3. The van der Waals surface area contributed by atoms with Crippen molar-refractivity contribution in [3.05, 3.63) is 63.8 Å². The molecule has 0 spiro atoms. The Kier molecular flexibility index (Phi) is 5.07. The Balaban J connectivity index is 1.42. The van der Waals surface area contributed by atoms with Gasteiger partial charge in [0.2, 0.25) is 0 Å². The average Bonchev–Trinajstić information content (AvgIpc) is 2.84. The number of rotatable bonds is 7. The van der Waals surface area contributed by atoms with Crippen molar-refractivity contribution in [2.45, 2.75) is 39.2 Å². The molecule has 1 aromatic heterocycles. The molecule has 1 aliphatic heterocycles. The molecule has 2 amide bonds. The maximum absolute atomic E-state index is 12.2. The molecule has 0 saturated carbocycles. The fourth-order valence-electron chi connectivity index (χ4n) is 3.03. The molecule has 0 atom stereocenters. The fraction of sp³-hybridized carbons (Fsp3) is 0.368. The quantitative estimate of drug-likeness (QED) is 0.574. The molecule has 2 aromatic rings. The van der Waals surface area contributed by atoms with E-state index >= 15 is 0 Å². The molecule has 25 heavy (non-hydrogen) atoms. The number of carbonyl (C=O) groups excluding carboxylic acids is 2. The first kappa shape index (κ1) is 17.1. The van der Waals surface area contributed by atoms with Gasteiger partial charge in [0.25, 0.3) is 17.4 Å². The van der Waals surface area contributed by atoms with Gasteiger partial charge in [-0.1, -0.05) is 25.0 Å². The Morgan fingerprint density at radius 1 is 0.880 bits per heavy atom. The van der Waals surface area contributed by atoms with Gasteiger partial charge in [-0.05, 0) is 31.9 Å². The molecule has 2 heterocycles. The Morgan fingerprint density at radius 3 is 2.08 bits per heavy atom. The Morgan fingerprint density at radius 2 is 1.48 bits per heavy atom. The van der Waals surface area contributed by atoms with Gasteiger partial charge >= 0.3 is 0 Å². The van der Waals surface area contributed by atoms with Gasteiger partial charge in [-0.3, -0.25) is 23.9 Å². The van der Waals surface area contributed by atoms with Crippen LogP contribution in [0, 0.1) is 6.92 Å². The summed E-state index contributed by atoms with van der Waals surface area (Å²) in [5, 5.41) is 0. The number of benzene rings is 1. The molecular formula is C19H21N3O3. The fourth-order valence-corrected chi connectivity index (χ4v) is 3.03. The van der Waals surface area contributed by atoms with Gasteiger partial charge in [-0.25, -0.2) is 4.98 Å². The SMILES string of the molecule is Cc1cc(=O)n(CCCCCCN2C(=O)c3ccccc3C2=O)cn1. The van der Waals surface area contributed by atoms with Crippen LogP contribution in [-0.4, -0.2) is 32.8 Å². The number of hydrogen-bond donors (Lipinski definition) is 0. The predicted octanol–water partition coefficient (Wildman–Crippen LogP) is 2.41. The minimum Gasteiger partial charge on any atom is -0.299 e. The van der Waals surface area contributed by atoms with E-state index in [9.17, 15) is 14.4 Å². The van der Waals surface area contributed by atoms with Crippen LogP contribution in [0.4, 0.5) is 0 Å². The van der Waals surface area contributed by atoms with Gasteiger partial charge in [-0.15, -0.1) is 0 Å². The lowest BCUT2D eigenvalue weighted by Gasteiger charge is -2.13. The van der Waals surface area contributed by atoms with Crippen molar-refractivity contribution in [2.24, 2.45) is 0 Å². The number of fused-ring (bicyclic) bond motifs is 1. The molecule has 0 bridgehead atoms.